The maximum absolute atomic E-state index is 13.3. The smallest absolute Gasteiger partial charge is 0.254 e. The monoisotopic (exact) mass is 374 g/mol. The number of pyridine rings is 1. The molecular weight excluding hydrogens is 348 g/mol. The fourth-order valence-electron chi connectivity index (χ4n) is 4.02. The van der Waals surface area contributed by atoms with E-state index in [2.05, 4.69) is 9.88 Å². The fourth-order valence-corrected chi connectivity index (χ4v) is 4.02. The molecule has 0 spiro atoms. The van der Waals surface area contributed by atoms with Gasteiger partial charge in [0.2, 0.25) is 5.91 Å². The quantitative estimate of drug-likeness (QED) is 0.758. The summed E-state index contributed by atoms with van der Waals surface area (Å²) in [6, 6.07) is 3.52. The Kier molecular flexibility index (Phi) is 5.38. The first-order valence-electron chi connectivity index (χ1n) is 9.63. The number of hydrogen-bond donors (Lipinski definition) is 1. The molecule has 0 bridgehead atoms. The van der Waals surface area contributed by atoms with E-state index in [-0.39, 0.29) is 31.1 Å². The van der Waals surface area contributed by atoms with Gasteiger partial charge in [-0.2, -0.15) is 0 Å². The van der Waals surface area contributed by atoms with Gasteiger partial charge in [0.05, 0.1) is 12.6 Å². The number of amides is 2. The number of hydrogen-bond acceptors (Lipinski definition) is 6. The minimum atomic E-state index is -0.697. The van der Waals surface area contributed by atoms with Crippen molar-refractivity contribution in [2.45, 2.75) is 31.0 Å². The second-order valence-corrected chi connectivity index (χ2v) is 7.39. The summed E-state index contributed by atoms with van der Waals surface area (Å²) in [5, 5.41) is 9.08. The summed E-state index contributed by atoms with van der Waals surface area (Å²) in [6.07, 6.45) is 4.67. The zero-order valence-electron chi connectivity index (χ0n) is 15.4. The third-order valence-corrected chi connectivity index (χ3v) is 5.57. The van der Waals surface area contributed by atoms with E-state index in [0.29, 0.717) is 19.6 Å². The maximum atomic E-state index is 13.3. The molecule has 3 aliphatic rings. The van der Waals surface area contributed by atoms with Crippen LogP contribution in [-0.4, -0.2) is 94.7 Å². The number of piperazine rings is 1. The SMILES string of the molecule is O=C([C@H]1OCC(=O)N(C2CC2)[C@@H]1c1cccnc1)N1CCN(CCO)CC1. The van der Waals surface area contributed by atoms with E-state index in [0.717, 1.165) is 31.5 Å². The molecule has 146 valence electrons. The molecule has 1 aromatic rings. The van der Waals surface area contributed by atoms with Gasteiger partial charge in [0, 0.05) is 51.2 Å². The average molecular weight is 374 g/mol. The van der Waals surface area contributed by atoms with E-state index in [1.807, 2.05) is 21.9 Å². The third-order valence-electron chi connectivity index (χ3n) is 5.57. The number of β-amino-alcohol motifs (C(OH)–C–C–N with tert-alkyl or cyclic N) is 1. The van der Waals surface area contributed by atoms with Gasteiger partial charge in [-0.1, -0.05) is 6.07 Å². The van der Waals surface area contributed by atoms with Crippen LogP contribution < -0.4 is 0 Å². The Morgan fingerprint density at radius 1 is 1.26 bits per heavy atom. The van der Waals surface area contributed by atoms with Gasteiger partial charge < -0.3 is 19.6 Å². The highest BCUT2D eigenvalue weighted by Gasteiger charge is 2.48. The molecule has 0 unspecified atom stereocenters. The molecule has 0 radical (unpaired) electrons. The van der Waals surface area contributed by atoms with Crippen molar-refractivity contribution in [2.75, 3.05) is 45.9 Å². The highest BCUT2D eigenvalue weighted by molar-refractivity contribution is 5.87. The van der Waals surface area contributed by atoms with Gasteiger partial charge >= 0.3 is 0 Å². The molecule has 1 saturated carbocycles. The van der Waals surface area contributed by atoms with E-state index < -0.39 is 12.1 Å². The van der Waals surface area contributed by atoms with Gasteiger partial charge in [0.1, 0.15) is 6.61 Å². The van der Waals surface area contributed by atoms with Crippen molar-refractivity contribution in [3.05, 3.63) is 30.1 Å². The largest absolute Gasteiger partial charge is 0.395 e. The minimum absolute atomic E-state index is 0.0475. The summed E-state index contributed by atoms with van der Waals surface area (Å²) >= 11 is 0. The molecule has 1 aromatic heterocycles. The summed E-state index contributed by atoms with van der Waals surface area (Å²) in [4.78, 5) is 35.8. The van der Waals surface area contributed by atoms with Gasteiger partial charge in [-0.05, 0) is 24.5 Å². The maximum Gasteiger partial charge on any atom is 0.254 e. The second-order valence-electron chi connectivity index (χ2n) is 7.39. The Morgan fingerprint density at radius 2 is 2.04 bits per heavy atom. The standard InChI is InChI=1S/C19H26N4O4/c24-11-10-21-6-8-22(9-7-21)19(26)18-17(14-2-1-5-20-12-14)23(15-3-4-15)16(25)13-27-18/h1-2,5,12,15,17-18,24H,3-4,6-11,13H2/t17-,18+/m1/s1. The lowest BCUT2D eigenvalue weighted by Crippen LogP contribution is -2.58. The zero-order chi connectivity index (χ0) is 18.8. The molecule has 0 aromatic carbocycles. The van der Waals surface area contributed by atoms with Crippen LogP contribution in [-0.2, 0) is 14.3 Å². The average Bonchev–Trinajstić information content (AvgIpc) is 3.54. The number of nitrogens with zero attached hydrogens (tertiary/aromatic N) is 4. The Balaban J connectivity index is 1.54. The summed E-state index contributed by atoms with van der Waals surface area (Å²) in [7, 11) is 0. The molecule has 2 amide bonds. The molecule has 2 atom stereocenters. The Morgan fingerprint density at radius 3 is 2.67 bits per heavy atom. The Bertz CT molecular complexity index is 674. The van der Waals surface area contributed by atoms with Crippen molar-refractivity contribution in [3.8, 4) is 0 Å². The van der Waals surface area contributed by atoms with E-state index in [1.54, 1.807) is 12.4 Å². The van der Waals surface area contributed by atoms with Gasteiger partial charge in [-0.3, -0.25) is 19.5 Å². The Labute approximate surface area is 158 Å². The number of rotatable bonds is 5. The summed E-state index contributed by atoms with van der Waals surface area (Å²) in [5.41, 5.74) is 0.842. The molecular formula is C19H26N4O4. The highest BCUT2D eigenvalue weighted by Crippen LogP contribution is 2.39. The molecule has 27 heavy (non-hydrogen) atoms. The lowest BCUT2D eigenvalue weighted by molar-refractivity contribution is -0.171. The van der Waals surface area contributed by atoms with E-state index in [1.165, 1.54) is 0 Å². The topological polar surface area (TPSA) is 86.2 Å². The summed E-state index contributed by atoms with van der Waals surface area (Å²) < 4.78 is 5.79. The first-order chi connectivity index (χ1) is 13.2. The first kappa shape index (κ1) is 18.3. The molecule has 3 fully saturated rings. The normalized spacial score (nSPS) is 27.1. The van der Waals surface area contributed by atoms with Crippen LogP contribution in [0.5, 0.6) is 0 Å². The van der Waals surface area contributed by atoms with Crippen molar-refractivity contribution < 1.29 is 19.4 Å². The van der Waals surface area contributed by atoms with Crippen LogP contribution in [0.2, 0.25) is 0 Å². The number of morpholine rings is 1. The summed E-state index contributed by atoms with van der Waals surface area (Å²) in [6.45, 7) is 3.40. The van der Waals surface area contributed by atoms with Crippen LogP contribution in [0.4, 0.5) is 0 Å². The minimum Gasteiger partial charge on any atom is -0.395 e. The second kappa shape index (κ2) is 7.92. The van der Waals surface area contributed by atoms with E-state index in [9.17, 15) is 9.59 Å². The van der Waals surface area contributed by atoms with Gasteiger partial charge in [0.25, 0.3) is 5.91 Å². The molecule has 2 aliphatic heterocycles. The van der Waals surface area contributed by atoms with Crippen molar-refractivity contribution >= 4 is 11.8 Å². The van der Waals surface area contributed by atoms with Gasteiger partial charge in [-0.25, -0.2) is 0 Å². The molecule has 8 nitrogen and oxygen atoms in total. The third kappa shape index (κ3) is 3.83. The number of aliphatic hydroxyl groups is 1. The van der Waals surface area contributed by atoms with Crippen molar-refractivity contribution in [1.29, 1.82) is 0 Å². The van der Waals surface area contributed by atoms with Crippen LogP contribution in [0.25, 0.3) is 0 Å². The number of aromatic nitrogens is 1. The van der Waals surface area contributed by atoms with Gasteiger partial charge in [-0.15, -0.1) is 0 Å². The summed E-state index contributed by atoms with van der Waals surface area (Å²) in [5.74, 6) is -0.117. The van der Waals surface area contributed by atoms with Crippen molar-refractivity contribution in [2.24, 2.45) is 0 Å². The van der Waals surface area contributed by atoms with Crippen molar-refractivity contribution in [3.63, 3.8) is 0 Å². The zero-order valence-corrected chi connectivity index (χ0v) is 15.4. The van der Waals surface area contributed by atoms with Crippen LogP contribution in [0.15, 0.2) is 24.5 Å². The Hall–Kier alpha value is -2.03. The van der Waals surface area contributed by atoms with E-state index >= 15 is 0 Å². The molecule has 8 heteroatoms. The predicted octanol–water partition coefficient (Wildman–Crippen LogP) is -0.351. The molecule has 1 aliphatic carbocycles. The highest BCUT2D eigenvalue weighted by atomic mass is 16.5. The number of aliphatic hydroxyl groups excluding tert-OH is 1. The number of carbonyl (C=O) groups excluding carboxylic acids is 2. The molecule has 3 heterocycles. The number of carbonyl (C=O) groups is 2. The van der Waals surface area contributed by atoms with Crippen LogP contribution in [0.3, 0.4) is 0 Å². The van der Waals surface area contributed by atoms with E-state index in [4.69, 9.17) is 9.84 Å². The van der Waals surface area contributed by atoms with Gasteiger partial charge in [0.15, 0.2) is 6.10 Å². The lowest BCUT2D eigenvalue weighted by Gasteiger charge is -2.43. The molecule has 4 rings (SSSR count). The van der Waals surface area contributed by atoms with Crippen LogP contribution in [0, 0.1) is 0 Å². The number of ether oxygens (including phenoxy) is 1. The fraction of sp³-hybridized carbons (Fsp3) is 0.632. The van der Waals surface area contributed by atoms with Crippen molar-refractivity contribution in [1.82, 2.24) is 19.7 Å². The molecule has 2 saturated heterocycles. The van der Waals surface area contributed by atoms with Crippen LogP contribution in [0.1, 0.15) is 24.4 Å². The first-order valence-corrected chi connectivity index (χ1v) is 9.63. The molecule has 1 N–H and O–H groups in total. The van der Waals surface area contributed by atoms with Crippen LogP contribution >= 0.6 is 0 Å². The predicted molar refractivity (Wildman–Crippen MR) is 96.7 cm³/mol. The lowest BCUT2D eigenvalue weighted by atomic mass is 9.97.